The van der Waals surface area contributed by atoms with Gasteiger partial charge in [-0.1, -0.05) is 193 Å². The highest BCUT2D eigenvalue weighted by Crippen LogP contribution is 2.41. The highest BCUT2D eigenvalue weighted by Gasteiger charge is 2.62. The van der Waals surface area contributed by atoms with Gasteiger partial charge < -0.3 is 150 Å². The first-order chi connectivity index (χ1) is 52.3. The Kier molecular flexibility index (Phi) is 45.5. The van der Waals surface area contributed by atoms with Crippen molar-refractivity contribution in [3.63, 3.8) is 0 Å². The first-order valence-corrected chi connectivity index (χ1v) is 40.1. The number of carbonyl (C=O) groups is 4. The van der Waals surface area contributed by atoms with E-state index in [-0.39, 0.29) is 12.3 Å². The number of rotatable bonds is 54. The highest BCUT2D eigenvalue weighted by molar-refractivity contribution is 5.77. The average molecular weight is 1570 g/mol. The summed E-state index contributed by atoms with van der Waals surface area (Å²) in [5.41, 5.74) is 0. The molecule has 0 radical (unpaired) electrons. The first kappa shape index (κ1) is 96.2. The number of ether oxygens (including phenoxy) is 10. The summed E-state index contributed by atoms with van der Waals surface area (Å²) in [7, 11) is 0. The molecule has 0 aromatic rings. The van der Waals surface area contributed by atoms with Gasteiger partial charge in [0.1, 0.15) is 116 Å². The van der Waals surface area contributed by atoms with E-state index in [1.54, 1.807) is 6.08 Å². The molecular weight excluding hydrogens is 1440 g/mol. The summed E-state index contributed by atoms with van der Waals surface area (Å²) in [5.74, 6) is -7.71. The van der Waals surface area contributed by atoms with Gasteiger partial charge in [0.15, 0.2) is 25.2 Å². The van der Waals surface area contributed by atoms with E-state index in [9.17, 15) is 106 Å². The van der Waals surface area contributed by atoms with E-state index in [1.165, 1.54) is 116 Å². The van der Waals surface area contributed by atoms with E-state index in [2.05, 4.69) is 29.8 Å². The maximum absolute atomic E-state index is 13.8. The number of hydrogen-bond acceptors (Lipinski definition) is 30. The van der Waals surface area contributed by atoms with Crippen molar-refractivity contribution >= 4 is 23.7 Å². The number of unbranched alkanes of at least 4 members (excludes halogenated alkanes) is 27. The maximum atomic E-state index is 13.8. The second kappa shape index (κ2) is 51.5. The monoisotopic (exact) mass is 1570 g/mol. The first-order valence-electron chi connectivity index (χ1n) is 40.1. The van der Waals surface area contributed by atoms with E-state index < -0.39 is 235 Å². The fourth-order valence-corrected chi connectivity index (χ4v) is 14.7. The Bertz CT molecular complexity index is 2540. The van der Waals surface area contributed by atoms with E-state index in [0.29, 0.717) is 12.8 Å². The SMILES string of the molecule is CCCCCCCCCCCCCC=CC(O)C(COC1OC(CO)C(OC2OC(CO)C(OC3OC(CO)C(O)C(OC4OC(CO)C(O)C(O)C4O)C3NC(C)=O)C(OC3(C(=O)O)CC(O)C(NC(C)=O)C(C(O)C(O)CO)O3)C2O)C(O)C1O)NC(=O)CCCCCCCCCCCCCCCCCCC. The molecule has 34 heteroatoms. The number of hydrogen-bond donors (Lipinski definition) is 20. The molecule has 28 atom stereocenters. The number of aliphatic hydroxyl groups is 16. The predicted octanol–water partition coefficient (Wildman–Crippen LogP) is -0.262. The normalized spacial score (nSPS) is 34.2. The molecule has 0 aromatic heterocycles. The minimum absolute atomic E-state index is 0.135. The Balaban J connectivity index is 1.38. The Morgan fingerprint density at radius 3 is 1.41 bits per heavy atom. The number of nitrogens with one attached hydrogen (secondary N) is 3. The van der Waals surface area contributed by atoms with Gasteiger partial charge in [-0.2, -0.15) is 0 Å². The fourth-order valence-electron chi connectivity index (χ4n) is 14.7. The lowest BCUT2D eigenvalue weighted by atomic mass is 9.88. The van der Waals surface area contributed by atoms with E-state index in [1.807, 2.05) is 6.08 Å². The molecule has 5 aliphatic heterocycles. The van der Waals surface area contributed by atoms with Gasteiger partial charge in [0, 0.05) is 26.7 Å². The molecule has 3 amide bonds. The van der Waals surface area contributed by atoms with Crippen LogP contribution in [0.4, 0.5) is 0 Å². The summed E-state index contributed by atoms with van der Waals surface area (Å²) < 4.78 is 60.1. The minimum atomic E-state index is -3.38. The molecule has 5 fully saturated rings. The number of aliphatic hydroxyl groups excluding tert-OH is 16. The van der Waals surface area contributed by atoms with E-state index in [4.69, 9.17) is 47.4 Å². The van der Waals surface area contributed by atoms with Gasteiger partial charge in [0.25, 0.3) is 5.79 Å². The van der Waals surface area contributed by atoms with E-state index >= 15 is 0 Å². The van der Waals surface area contributed by atoms with Gasteiger partial charge in [-0.05, 0) is 19.3 Å². The van der Waals surface area contributed by atoms with Gasteiger partial charge in [-0.15, -0.1) is 0 Å². The van der Waals surface area contributed by atoms with Crippen molar-refractivity contribution in [1.29, 1.82) is 0 Å². The molecule has 20 N–H and O–H groups in total. The zero-order valence-electron chi connectivity index (χ0n) is 64.2. The Morgan fingerprint density at radius 1 is 0.477 bits per heavy atom. The van der Waals surface area contributed by atoms with Crippen LogP contribution in [0, 0.1) is 0 Å². The van der Waals surface area contributed by atoms with Gasteiger partial charge >= 0.3 is 5.97 Å². The summed E-state index contributed by atoms with van der Waals surface area (Å²) in [4.78, 5) is 53.0. The molecule has 0 saturated carbocycles. The van der Waals surface area contributed by atoms with Crippen molar-refractivity contribution in [2.45, 2.75) is 398 Å². The second-order valence-corrected chi connectivity index (χ2v) is 30.0. The smallest absolute Gasteiger partial charge is 0.364 e. The summed E-state index contributed by atoms with van der Waals surface area (Å²) >= 11 is 0. The number of carbonyl (C=O) groups excluding carboxylic acids is 3. The molecule has 34 nitrogen and oxygen atoms in total. The number of carboxylic acids is 1. The third-order valence-corrected chi connectivity index (χ3v) is 21.1. The quantitative estimate of drug-likeness (QED) is 0.0275. The molecule has 5 rings (SSSR count). The third kappa shape index (κ3) is 30.3. The third-order valence-electron chi connectivity index (χ3n) is 21.1. The van der Waals surface area contributed by atoms with Gasteiger partial charge in [0.05, 0.1) is 63.9 Å². The van der Waals surface area contributed by atoms with Crippen molar-refractivity contribution in [2.24, 2.45) is 0 Å². The lowest BCUT2D eigenvalue weighted by Gasteiger charge is -2.52. The molecule has 5 aliphatic rings. The van der Waals surface area contributed by atoms with Crippen LogP contribution in [0.25, 0.3) is 0 Å². The molecule has 28 unspecified atom stereocenters. The molecule has 0 aliphatic carbocycles. The number of allylic oxidation sites excluding steroid dienone is 1. The van der Waals surface area contributed by atoms with Crippen LogP contribution in [0.3, 0.4) is 0 Å². The Labute approximate surface area is 640 Å². The van der Waals surface area contributed by atoms with Crippen LogP contribution in [-0.4, -0.2) is 321 Å². The van der Waals surface area contributed by atoms with Crippen molar-refractivity contribution in [1.82, 2.24) is 16.0 Å². The lowest BCUT2D eigenvalue weighted by Crippen LogP contribution is -2.72. The number of aliphatic carboxylic acids is 1. The molecule has 636 valence electrons. The number of carboxylic acid groups (broad SMARTS) is 1. The number of amides is 3. The van der Waals surface area contributed by atoms with Crippen molar-refractivity contribution < 1.29 is 153 Å². The van der Waals surface area contributed by atoms with Crippen LogP contribution in [0.5, 0.6) is 0 Å². The fraction of sp³-hybridized carbons (Fsp3) is 0.920. The molecule has 0 bridgehead atoms. The zero-order valence-corrected chi connectivity index (χ0v) is 64.2. The van der Waals surface area contributed by atoms with Crippen LogP contribution >= 0.6 is 0 Å². The molecular formula is C75H135N3O31. The molecule has 0 aromatic carbocycles. The van der Waals surface area contributed by atoms with Crippen LogP contribution in [0.1, 0.15) is 227 Å². The Hall–Kier alpha value is -3.42. The van der Waals surface area contributed by atoms with Crippen LogP contribution < -0.4 is 16.0 Å². The molecule has 5 heterocycles. The van der Waals surface area contributed by atoms with Crippen molar-refractivity contribution in [3.8, 4) is 0 Å². The highest BCUT2D eigenvalue weighted by atomic mass is 16.8. The summed E-state index contributed by atoms with van der Waals surface area (Å²) in [5, 5.41) is 197. The molecule has 5 saturated heterocycles. The van der Waals surface area contributed by atoms with Gasteiger partial charge in [-0.3, -0.25) is 14.4 Å². The topological polar surface area (TPSA) is 541 Å². The molecule has 0 spiro atoms. The molecule has 109 heavy (non-hydrogen) atoms. The predicted molar refractivity (Wildman–Crippen MR) is 388 cm³/mol. The summed E-state index contributed by atoms with van der Waals surface area (Å²) in [6.45, 7) is 0.333. The van der Waals surface area contributed by atoms with Crippen molar-refractivity contribution in [3.05, 3.63) is 12.2 Å². The minimum Gasteiger partial charge on any atom is -0.477 e. The largest absolute Gasteiger partial charge is 0.477 e. The zero-order chi connectivity index (χ0) is 80.2. The van der Waals surface area contributed by atoms with Crippen LogP contribution in [-0.2, 0) is 66.5 Å². The maximum Gasteiger partial charge on any atom is 0.364 e. The van der Waals surface area contributed by atoms with Gasteiger partial charge in [0.2, 0.25) is 17.7 Å². The lowest BCUT2D eigenvalue weighted by molar-refractivity contribution is -0.403. The summed E-state index contributed by atoms with van der Waals surface area (Å²) in [6, 6.07) is -4.81. The average Bonchev–Trinajstić information content (AvgIpc) is 0.750. The van der Waals surface area contributed by atoms with Gasteiger partial charge in [-0.25, -0.2) is 4.79 Å². The van der Waals surface area contributed by atoms with Crippen LogP contribution in [0.15, 0.2) is 12.2 Å². The summed E-state index contributed by atoms with van der Waals surface area (Å²) in [6.07, 6.45) is -14.0. The Morgan fingerprint density at radius 2 is 0.908 bits per heavy atom. The van der Waals surface area contributed by atoms with Crippen LogP contribution in [0.2, 0.25) is 0 Å². The second-order valence-electron chi connectivity index (χ2n) is 30.0. The van der Waals surface area contributed by atoms with Crippen molar-refractivity contribution in [2.75, 3.05) is 39.6 Å². The standard InChI is InChI=1S/C75H135N3O31/c1-5-7-9-11-13-15-17-19-20-21-22-24-26-28-30-32-34-36-54(89)78-46(47(86)35-33-31-29-27-25-23-18-16-14-12-10-8-6-2)43-100-71-63(96)61(94)65(52(41-82)103-71)105-73-64(97)69(109-75(74(98)99)37-48(87)55(76-44(3)84)68(108-75)57(90)49(88)38-79)66(53(42-83)104-73)106-70-56(77-45(4)85)67(59(92)51(40-81)101-70)107-72-62(95)60(93)58(91)50(39-80)102-72/h33,35,46-53,55-73,79-83,86-88,90-97H,5-32,34,36-43H2,1-4H3,(H,76,84)(H,77,85)(H,78,89)(H,98,99). The van der Waals surface area contributed by atoms with E-state index in [0.717, 1.165) is 71.6 Å².